The summed E-state index contributed by atoms with van der Waals surface area (Å²) >= 11 is 0. The lowest BCUT2D eigenvalue weighted by Gasteiger charge is -2.12. The Hall–Kier alpha value is -4.90. The van der Waals surface area contributed by atoms with Gasteiger partial charge in [0.05, 0.1) is 18.0 Å². The smallest absolute Gasteiger partial charge is 0.284 e. The van der Waals surface area contributed by atoms with Gasteiger partial charge in [0, 0.05) is 30.5 Å². The van der Waals surface area contributed by atoms with Crippen LogP contribution in [-0.2, 0) is 13.0 Å². The molecule has 4 heterocycles. The topological polar surface area (TPSA) is 139 Å². The van der Waals surface area contributed by atoms with Crippen LogP contribution in [0.15, 0.2) is 71.7 Å². The lowest BCUT2D eigenvalue weighted by Crippen LogP contribution is -2.26. The minimum absolute atomic E-state index is 0.0513. The summed E-state index contributed by atoms with van der Waals surface area (Å²) < 4.78 is 9.60. The highest BCUT2D eigenvalue weighted by molar-refractivity contribution is 6.05. The van der Waals surface area contributed by atoms with Crippen molar-refractivity contribution in [1.29, 1.82) is 0 Å². The number of anilines is 2. The van der Waals surface area contributed by atoms with Gasteiger partial charge in [0.25, 0.3) is 11.5 Å². The number of nitrogens with zero attached hydrogens (tertiary/aromatic N) is 4. The summed E-state index contributed by atoms with van der Waals surface area (Å²) in [6.07, 6.45) is 3.17. The molecule has 11 nitrogen and oxygen atoms in total. The molecule has 1 unspecified atom stereocenters. The maximum atomic E-state index is 13.3. The molecule has 1 aliphatic heterocycles. The number of benzene rings is 2. The van der Waals surface area contributed by atoms with Gasteiger partial charge in [-0.15, -0.1) is 0 Å². The van der Waals surface area contributed by atoms with Crippen molar-refractivity contribution in [2.45, 2.75) is 32.4 Å². The summed E-state index contributed by atoms with van der Waals surface area (Å²) in [6, 6.07) is 17.8. The Morgan fingerprint density at radius 3 is 2.72 bits per heavy atom. The van der Waals surface area contributed by atoms with Crippen molar-refractivity contribution in [3.05, 3.63) is 88.5 Å². The van der Waals surface area contributed by atoms with Gasteiger partial charge in [0.2, 0.25) is 0 Å². The van der Waals surface area contributed by atoms with Gasteiger partial charge in [0.15, 0.2) is 11.5 Å². The largest absolute Gasteiger partial charge is 0.456 e. The molecule has 1 amide bonds. The zero-order valence-corrected chi connectivity index (χ0v) is 21.2. The second-order valence-corrected chi connectivity index (χ2v) is 9.41. The SMILES string of the molecule is CC(CO)Nc1n[nH]c2nccc(Oc3ccc(NC(=O)c4c5n(n(-c6ccccc6)c4=O)CCC5)cc3)c12. The minimum Gasteiger partial charge on any atom is -0.456 e. The number of aliphatic hydroxyl groups excluding tert-OH is 1. The average molecular weight is 526 g/mol. The van der Waals surface area contributed by atoms with E-state index < -0.39 is 5.91 Å². The van der Waals surface area contributed by atoms with Crippen LogP contribution in [0.4, 0.5) is 11.5 Å². The molecule has 0 bridgehead atoms. The first-order chi connectivity index (χ1) is 19.0. The first-order valence-electron chi connectivity index (χ1n) is 12.7. The molecule has 0 spiro atoms. The van der Waals surface area contributed by atoms with Gasteiger partial charge in [-0.1, -0.05) is 18.2 Å². The molecule has 5 aromatic rings. The summed E-state index contributed by atoms with van der Waals surface area (Å²) in [4.78, 5) is 30.9. The van der Waals surface area contributed by atoms with Gasteiger partial charge < -0.3 is 20.5 Å². The predicted molar refractivity (Wildman–Crippen MR) is 147 cm³/mol. The number of pyridine rings is 1. The number of ether oxygens (including phenoxy) is 1. The van der Waals surface area contributed by atoms with Crippen molar-refractivity contribution >= 4 is 28.4 Å². The minimum atomic E-state index is -0.433. The number of H-pyrrole nitrogens is 1. The fourth-order valence-corrected chi connectivity index (χ4v) is 4.85. The summed E-state index contributed by atoms with van der Waals surface area (Å²) in [6.45, 7) is 2.47. The third-order valence-corrected chi connectivity index (χ3v) is 6.68. The van der Waals surface area contributed by atoms with Crippen LogP contribution in [0, 0.1) is 0 Å². The van der Waals surface area contributed by atoms with Crippen LogP contribution in [0.1, 0.15) is 29.4 Å². The van der Waals surface area contributed by atoms with Gasteiger partial charge in [-0.05, 0) is 56.2 Å². The van der Waals surface area contributed by atoms with E-state index in [4.69, 9.17) is 4.74 Å². The lowest BCUT2D eigenvalue weighted by molar-refractivity contribution is 0.102. The Labute approximate surface area is 223 Å². The summed E-state index contributed by atoms with van der Waals surface area (Å²) in [5, 5.41) is 23.2. The lowest BCUT2D eigenvalue weighted by atomic mass is 10.1. The summed E-state index contributed by atoms with van der Waals surface area (Å²) in [5.41, 5.74) is 2.42. The van der Waals surface area contributed by atoms with Crippen molar-refractivity contribution < 1.29 is 14.6 Å². The van der Waals surface area contributed by atoms with E-state index in [0.717, 1.165) is 17.8 Å². The number of carbonyl (C=O) groups excluding carboxylic acids is 1. The molecule has 0 radical (unpaired) electrons. The number of para-hydroxylation sites is 1. The molecular weight excluding hydrogens is 498 g/mol. The van der Waals surface area contributed by atoms with Crippen LogP contribution in [0.25, 0.3) is 16.7 Å². The zero-order valence-electron chi connectivity index (χ0n) is 21.2. The molecule has 4 N–H and O–H groups in total. The molecule has 2 aromatic carbocycles. The molecule has 0 aliphatic carbocycles. The van der Waals surface area contributed by atoms with Crippen molar-refractivity contribution in [3.8, 4) is 17.2 Å². The van der Waals surface area contributed by atoms with E-state index in [1.165, 1.54) is 0 Å². The Kier molecular flexibility index (Phi) is 6.33. The molecule has 1 atom stereocenters. The predicted octanol–water partition coefficient (Wildman–Crippen LogP) is 3.69. The molecule has 0 fully saturated rings. The van der Waals surface area contributed by atoms with E-state index in [0.29, 0.717) is 47.0 Å². The number of rotatable bonds is 8. The molecule has 0 saturated heterocycles. The van der Waals surface area contributed by atoms with Gasteiger partial charge in [-0.25, -0.2) is 9.67 Å². The number of carbonyl (C=O) groups is 1. The fourth-order valence-electron chi connectivity index (χ4n) is 4.85. The van der Waals surface area contributed by atoms with E-state index in [2.05, 4.69) is 25.8 Å². The highest BCUT2D eigenvalue weighted by Gasteiger charge is 2.28. The van der Waals surface area contributed by atoms with Crippen LogP contribution >= 0.6 is 0 Å². The number of hydrogen-bond donors (Lipinski definition) is 4. The van der Waals surface area contributed by atoms with Crippen LogP contribution in [0.2, 0.25) is 0 Å². The first kappa shape index (κ1) is 24.4. The molecule has 39 heavy (non-hydrogen) atoms. The van der Waals surface area contributed by atoms with Gasteiger partial charge in [-0.2, -0.15) is 5.10 Å². The quantitative estimate of drug-likeness (QED) is 0.242. The number of aromatic amines is 1. The molecular formula is C28H27N7O4. The van der Waals surface area contributed by atoms with Crippen molar-refractivity contribution in [1.82, 2.24) is 24.5 Å². The summed E-state index contributed by atoms with van der Waals surface area (Å²) in [5.74, 6) is 1.17. The second kappa shape index (κ2) is 10.1. The third-order valence-electron chi connectivity index (χ3n) is 6.68. The second-order valence-electron chi connectivity index (χ2n) is 9.41. The Morgan fingerprint density at radius 1 is 1.15 bits per heavy atom. The number of aliphatic hydroxyl groups is 1. The van der Waals surface area contributed by atoms with Crippen LogP contribution < -0.4 is 20.9 Å². The normalized spacial score (nSPS) is 13.3. The van der Waals surface area contributed by atoms with E-state index in [9.17, 15) is 14.7 Å². The third kappa shape index (κ3) is 4.53. The average Bonchev–Trinajstić information content (AvgIpc) is 3.65. The van der Waals surface area contributed by atoms with Gasteiger partial charge >= 0.3 is 0 Å². The number of fused-ring (bicyclic) bond motifs is 2. The highest BCUT2D eigenvalue weighted by atomic mass is 16.5. The van der Waals surface area contributed by atoms with Crippen LogP contribution in [0.3, 0.4) is 0 Å². The number of hydrogen-bond acceptors (Lipinski definition) is 7. The molecule has 198 valence electrons. The van der Waals surface area contributed by atoms with E-state index in [1.807, 2.05) is 41.9 Å². The van der Waals surface area contributed by atoms with Gasteiger partial charge in [0.1, 0.15) is 22.4 Å². The van der Waals surface area contributed by atoms with E-state index in [1.54, 1.807) is 41.2 Å². The highest BCUT2D eigenvalue weighted by Crippen LogP contribution is 2.33. The molecule has 6 rings (SSSR count). The molecule has 11 heteroatoms. The Morgan fingerprint density at radius 2 is 1.95 bits per heavy atom. The molecule has 0 saturated carbocycles. The van der Waals surface area contributed by atoms with Crippen LogP contribution in [0.5, 0.6) is 11.5 Å². The van der Waals surface area contributed by atoms with Crippen LogP contribution in [-0.4, -0.2) is 48.2 Å². The first-order valence-corrected chi connectivity index (χ1v) is 12.7. The van der Waals surface area contributed by atoms with Gasteiger partial charge in [-0.3, -0.25) is 19.4 Å². The fraction of sp³-hybridized carbons (Fsp3) is 0.214. The van der Waals surface area contributed by atoms with E-state index >= 15 is 0 Å². The van der Waals surface area contributed by atoms with Crippen molar-refractivity contribution in [2.24, 2.45) is 0 Å². The zero-order chi connectivity index (χ0) is 26.9. The molecule has 3 aromatic heterocycles. The number of amides is 1. The number of aromatic nitrogens is 5. The maximum absolute atomic E-state index is 13.3. The van der Waals surface area contributed by atoms with Crippen molar-refractivity contribution in [2.75, 3.05) is 17.2 Å². The maximum Gasteiger partial charge on any atom is 0.284 e. The Bertz CT molecular complexity index is 1700. The Balaban J connectivity index is 1.23. The number of nitrogens with one attached hydrogen (secondary N) is 3. The van der Waals surface area contributed by atoms with Crippen molar-refractivity contribution in [3.63, 3.8) is 0 Å². The monoisotopic (exact) mass is 525 g/mol. The standard InChI is InChI=1S/C28H27N7O4/c1-17(16-36)30-26-24-22(13-14-29-25(24)32-33-26)39-20-11-9-18(10-12-20)31-27(37)23-21-8-5-15-34(21)35(28(23)38)19-6-3-2-4-7-19/h2-4,6-7,9-14,17,36H,5,8,15-16H2,1H3,(H,31,37)(H2,29,30,32,33). The summed E-state index contributed by atoms with van der Waals surface area (Å²) in [7, 11) is 0. The van der Waals surface area contributed by atoms with E-state index in [-0.39, 0.29) is 23.8 Å². The molecule has 1 aliphatic rings.